The zero-order chi connectivity index (χ0) is 19.4. The van der Waals surface area contributed by atoms with Crippen molar-refractivity contribution in [3.8, 4) is 0 Å². The van der Waals surface area contributed by atoms with Crippen molar-refractivity contribution < 1.29 is 19.1 Å². The Hall–Kier alpha value is -2.90. The monoisotopic (exact) mass is 372 g/mol. The number of esters is 1. The molecule has 8 nitrogen and oxygen atoms in total. The standard InChI is InChI=1S/C19H24N4O4/c1-3-27-18(26)15-16(14-6-4-5-13(2)11-14)20-19(21-17(15)25)23-9-7-22(12-24)8-10-23/h4-6,11-12,15-16H,3,7-10H2,1-2H3,(H,20,21,25)/t15-,16-/m1/s1. The minimum absolute atomic E-state index is 0.202. The predicted octanol–water partition coefficient (Wildman–Crippen LogP) is 0.475. The molecule has 2 aliphatic rings. The van der Waals surface area contributed by atoms with Crippen molar-refractivity contribution >= 4 is 24.2 Å². The Morgan fingerprint density at radius 2 is 2.07 bits per heavy atom. The Labute approximate surface area is 158 Å². The summed E-state index contributed by atoms with van der Waals surface area (Å²) in [5.41, 5.74) is 1.82. The Morgan fingerprint density at radius 3 is 2.70 bits per heavy atom. The highest BCUT2D eigenvalue weighted by Crippen LogP contribution is 2.31. The number of rotatable bonds is 4. The lowest BCUT2D eigenvalue weighted by Gasteiger charge is -2.37. The van der Waals surface area contributed by atoms with Gasteiger partial charge >= 0.3 is 5.97 Å². The predicted molar refractivity (Wildman–Crippen MR) is 98.8 cm³/mol. The summed E-state index contributed by atoms with van der Waals surface area (Å²) in [5.74, 6) is -1.57. The van der Waals surface area contributed by atoms with E-state index >= 15 is 0 Å². The molecule has 2 amide bonds. The maximum atomic E-state index is 12.8. The van der Waals surface area contributed by atoms with E-state index in [4.69, 9.17) is 9.73 Å². The number of guanidine groups is 1. The van der Waals surface area contributed by atoms with Crippen molar-refractivity contribution in [3.05, 3.63) is 35.4 Å². The van der Waals surface area contributed by atoms with E-state index in [0.717, 1.165) is 17.5 Å². The van der Waals surface area contributed by atoms with E-state index in [1.54, 1.807) is 11.8 Å². The van der Waals surface area contributed by atoms with Gasteiger partial charge in [0.15, 0.2) is 5.92 Å². The number of amides is 2. The smallest absolute Gasteiger partial charge is 0.321 e. The van der Waals surface area contributed by atoms with E-state index in [2.05, 4.69) is 5.32 Å². The Balaban J connectivity index is 1.92. The molecule has 0 bridgehead atoms. The van der Waals surface area contributed by atoms with Crippen LogP contribution in [-0.4, -0.2) is 66.8 Å². The Morgan fingerprint density at radius 1 is 1.33 bits per heavy atom. The number of piperazine rings is 1. The molecule has 2 heterocycles. The number of aliphatic imine (C=N–C) groups is 1. The van der Waals surface area contributed by atoms with Crippen LogP contribution in [-0.2, 0) is 19.1 Å². The topological polar surface area (TPSA) is 91.3 Å². The zero-order valence-electron chi connectivity index (χ0n) is 15.6. The molecule has 0 aliphatic carbocycles. The largest absolute Gasteiger partial charge is 0.465 e. The fourth-order valence-electron chi connectivity index (χ4n) is 3.36. The molecule has 2 atom stereocenters. The molecule has 144 valence electrons. The van der Waals surface area contributed by atoms with Crippen molar-refractivity contribution in [1.82, 2.24) is 15.1 Å². The Bertz CT molecular complexity index is 756. The van der Waals surface area contributed by atoms with Gasteiger partial charge < -0.3 is 14.5 Å². The normalized spacial score (nSPS) is 22.7. The summed E-state index contributed by atoms with van der Waals surface area (Å²) < 4.78 is 5.11. The molecule has 8 heteroatoms. The third-order valence-corrected chi connectivity index (χ3v) is 4.78. The average Bonchev–Trinajstić information content (AvgIpc) is 2.67. The molecule has 2 aliphatic heterocycles. The zero-order valence-corrected chi connectivity index (χ0v) is 15.6. The van der Waals surface area contributed by atoms with Crippen LogP contribution in [0.15, 0.2) is 29.3 Å². The molecule has 0 aromatic heterocycles. The molecule has 1 N–H and O–H groups in total. The number of hydrogen-bond donors (Lipinski definition) is 1. The minimum Gasteiger partial charge on any atom is -0.465 e. The number of benzene rings is 1. The van der Waals surface area contributed by atoms with Crippen LogP contribution in [0.4, 0.5) is 0 Å². The molecule has 0 spiro atoms. The first-order valence-electron chi connectivity index (χ1n) is 9.09. The molecule has 1 aromatic carbocycles. The highest BCUT2D eigenvalue weighted by atomic mass is 16.5. The summed E-state index contributed by atoms with van der Waals surface area (Å²) >= 11 is 0. The lowest BCUT2D eigenvalue weighted by molar-refractivity contribution is -0.153. The van der Waals surface area contributed by atoms with Gasteiger partial charge in [-0.1, -0.05) is 29.8 Å². The maximum absolute atomic E-state index is 12.8. The second-order valence-electron chi connectivity index (χ2n) is 6.66. The SMILES string of the molecule is CCOC(=O)[C@H]1C(=O)NC(N2CCN(C=O)CC2)=N[C@@H]1c1cccc(C)c1. The molecule has 0 unspecified atom stereocenters. The van der Waals surface area contributed by atoms with Crippen molar-refractivity contribution in [2.45, 2.75) is 19.9 Å². The fraction of sp³-hybridized carbons (Fsp3) is 0.474. The van der Waals surface area contributed by atoms with E-state index in [1.807, 2.05) is 36.1 Å². The molecule has 1 saturated heterocycles. The van der Waals surface area contributed by atoms with Crippen LogP contribution in [0.3, 0.4) is 0 Å². The first-order valence-corrected chi connectivity index (χ1v) is 9.09. The third-order valence-electron chi connectivity index (χ3n) is 4.78. The van der Waals surface area contributed by atoms with E-state index < -0.39 is 23.8 Å². The first kappa shape index (κ1) is 18.9. The quantitative estimate of drug-likeness (QED) is 0.471. The number of carbonyl (C=O) groups excluding carboxylic acids is 3. The second-order valence-corrected chi connectivity index (χ2v) is 6.66. The van der Waals surface area contributed by atoms with Crippen LogP contribution in [0.1, 0.15) is 24.1 Å². The molecule has 0 saturated carbocycles. The van der Waals surface area contributed by atoms with Gasteiger partial charge in [0.05, 0.1) is 6.61 Å². The summed E-state index contributed by atoms with van der Waals surface area (Å²) in [4.78, 5) is 44.4. The van der Waals surface area contributed by atoms with Crippen LogP contribution in [0.5, 0.6) is 0 Å². The first-order chi connectivity index (χ1) is 13.0. The summed E-state index contributed by atoms with van der Waals surface area (Å²) in [6, 6.07) is 7.00. The summed E-state index contributed by atoms with van der Waals surface area (Å²) in [6.45, 7) is 6.14. The van der Waals surface area contributed by atoms with Crippen molar-refractivity contribution in [2.24, 2.45) is 10.9 Å². The van der Waals surface area contributed by atoms with E-state index in [0.29, 0.717) is 32.1 Å². The van der Waals surface area contributed by atoms with Gasteiger partial charge in [0.25, 0.3) is 0 Å². The fourth-order valence-corrected chi connectivity index (χ4v) is 3.36. The molecular weight excluding hydrogens is 348 g/mol. The maximum Gasteiger partial charge on any atom is 0.321 e. The highest BCUT2D eigenvalue weighted by Gasteiger charge is 2.42. The van der Waals surface area contributed by atoms with Crippen LogP contribution in [0, 0.1) is 12.8 Å². The van der Waals surface area contributed by atoms with E-state index in [9.17, 15) is 14.4 Å². The van der Waals surface area contributed by atoms with Crippen molar-refractivity contribution in [3.63, 3.8) is 0 Å². The van der Waals surface area contributed by atoms with Crippen LogP contribution >= 0.6 is 0 Å². The van der Waals surface area contributed by atoms with Gasteiger partial charge in [-0.2, -0.15) is 0 Å². The van der Waals surface area contributed by atoms with E-state index in [1.165, 1.54) is 0 Å². The van der Waals surface area contributed by atoms with Crippen molar-refractivity contribution in [1.29, 1.82) is 0 Å². The summed E-state index contributed by atoms with van der Waals surface area (Å²) in [5, 5.41) is 2.75. The lowest BCUT2D eigenvalue weighted by atomic mass is 9.90. The van der Waals surface area contributed by atoms with Gasteiger partial charge in [0.1, 0.15) is 6.04 Å². The molecule has 1 fully saturated rings. The molecule has 27 heavy (non-hydrogen) atoms. The van der Waals surface area contributed by atoms with Gasteiger partial charge in [-0.15, -0.1) is 0 Å². The van der Waals surface area contributed by atoms with Gasteiger partial charge in [-0.3, -0.25) is 19.7 Å². The second kappa shape index (κ2) is 8.20. The van der Waals surface area contributed by atoms with Gasteiger partial charge in [0, 0.05) is 26.2 Å². The number of carbonyl (C=O) groups is 3. The minimum atomic E-state index is -1.02. The highest BCUT2D eigenvalue weighted by molar-refractivity contribution is 6.08. The van der Waals surface area contributed by atoms with E-state index in [-0.39, 0.29) is 6.61 Å². The average molecular weight is 372 g/mol. The lowest BCUT2D eigenvalue weighted by Crippen LogP contribution is -2.57. The Kier molecular flexibility index (Phi) is 5.73. The van der Waals surface area contributed by atoms with Gasteiger partial charge in [-0.05, 0) is 19.4 Å². The van der Waals surface area contributed by atoms with Crippen LogP contribution in [0.2, 0.25) is 0 Å². The third kappa shape index (κ3) is 4.10. The number of nitrogens with one attached hydrogen (secondary N) is 1. The van der Waals surface area contributed by atoms with Crippen LogP contribution < -0.4 is 5.32 Å². The van der Waals surface area contributed by atoms with Crippen LogP contribution in [0.25, 0.3) is 0 Å². The van der Waals surface area contributed by atoms with Gasteiger partial charge in [0.2, 0.25) is 18.3 Å². The summed E-state index contributed by atoms with van der Waals surface area (Å²) in [6.07, 6.45) is 0.824. The molecule has 1 aromatic rings. The number of nitrogens with zero attached hydrogens (tertiary/aromatic N) is 3. The van der Waals surface area contributed by atoms with Crippen molar-refractivity contribution in [2.75, 3.05) is 32.8 Å². The molecule has 3 rings (SSSR count). The number of hydrogen-bond acceptors (Lipinski definition) is 6. The van der Waals surface area contributed by atoms with Gasteiger partial charge in [-0.25, -0.2) is 4.99 Å². The molecular formula is C19H24N4O4. The molecule has 0 radical (unpaired) electrons. The summed E-state index contributed by atoms with van der Waals surface area (Å²) in [7, 11) is 0. The number of ether oxygens (including phenoxy) is 1. The number of aryl methyl sites for hydroxylation is 1.